The van der Waals surface area contributed by atoms with Crippen molar-refractivity contribution in [1.82, 2.24) is 0 Å². The van der Waals surface area contributed by atoms with Crippen LogP contribution in [0.1, 0.15) is 15.9 Å². The first kappa shape index (κ1) is 17.1. The number of anilines is 2. The second-order valence-electron chi connectivity index (χ2n) is 4.76. The maximum absolute atomic E-state index is 12.0. The Balaban J connectivity index is 1.98. The molecular formula is C16H14Cl2N2O3. The predicted octanol–water partition coefficient (Wildman–Crippen LogP) is 3.68. The second-order valence-corrected chi connectivity index (χ2v) is 5.55. The number of nitrogen functional groups attached to an aromatic ring is 1. The molecule has 0 fully saturated rings. The molecule has 0 bridgehead atoms. The van der Waals surface area contributed by atoms with Crippen LogP contribution >= 0.6 is 23.2 Å². The molecule has 2 rings (SSSR count). The Labute approximate surface area is 143 Å². The molecule has 0 spiro atoms. The Morgan fingerprint density at radius 1 is 1.17 bits per heavy atom. The number of halogens is 2. The Hall–Kier alpha value is -2.24. The molecular weight excluding hydrogens is 339 g/mol. The summed E-state index contributed by atoms with van der Waals surface area (Å²) in [6, 6.07) is 9.83. The normalized spacial score (nSPS) is 10.2. The Morgan fingerprint density at radius 2 is 1.87 bits per heavy atom. The molecule has 0 aliphatic rings. The van der Waals surface area contributed by atoms with E-state index in [-0.39, 0.29) is 10.6 Å². The smallest absolute Gasteiger partial charge is 0.340 e. The average Bonchev–Trinajstić information content (AvgIpc) is 2.52. The zero-order valence-corrected chi connectivity index (χ0v) is 13.7. The van der Waals surface area contributed by atoms with Gasteiger partial charge in [0.05, 0.1) is 21.3 Å². The summed E-state index contributed by atoms with van der Waals surface area (Å²) in [7, 11) is 0. The lowest BCUT2D eigenvalue weighted by Gasteiger charge is -2.10. The Kier molecular flexibility index (Phi) is 5.47. The van der Waals surface area contributed by atoms with Gasteiger partial charge in [-0.1, -0.05) is 41.4 Å². The quantitative estimate of drug-likeness (QED) is 0.649. The van der Waals surface area contributed by atoms with E-state index in [9.17, 15) is 9.59 Å². The van der Waals surface area contributed by atoms with Crippen molar-refractivity contribution >= 4 is 46.5 Å². The van der Waals surface area contributed by atoms with Gasteiger partial charge in [-0.05, 0) is 30.7 Å². The molecule has 2 aromatic rings. The van der Waals surface area contributed by atoms with Crippen molar-refractivity contribution < 1.29 is 14.3 Å². The number of para-hydroxylation sites is 1. The van der Waals surface area contributed by atoms with Crippen LogP contribution in [0.4, 0.5) is 11.4 Å². The van der Waals surface area contributed by atoms with E-state index in [2.05, 4.69) is 5.32 Å². The molecule has 23 heavy (non-hydrogen) atoms. The first-order valence-electron chi connectivity index (χ1n) is 6.66. The van der Waals surface area contributed by atoms with Gasteiger partial charge in [0.25, 0.3) is 5.91 Å². The van der Waals surface area contributed by atoms with Crippen LogP contribution in [0.5, 0.6) is 0 Å². The van der Waals surface area contributed by atoms with Crippen LogP contribution in [0, 0.1) is 6.92 Å². The number of benzene rings is 2. The van der Waals surface area contributed by atoms with Gasteiger partial charge in [-0.2, -0.15) is 0 Å². The van der Waals surface area contributed by atoms with Crippen molar-refractivity contribution in [2.24, 2.45) is 0 Å². The summed E-state index contributed by atoms with van der Waals surface area (Å²) >= 11 is 11.8. The van der Waals surface area contributed by atoms with Crippen molar-refractivity contribution in [2.75, 3.05) is 17.7 Å². The highest BCUT2D eigenvalue weighted by molar-refractivity contribution is 6.44. The highest BCUT2D eigenvalue weighted by atomic mass is 35.5. The molecule has 0 atom stereocenters. The number of aryl methyl sites for hydroxylation is 1. The molecule has 0 aliphatic heterocycles. The van der Waals surface area contributed by atoms with E-state index in [0.29, 0.717) is 16.4 Å². The highest BCUT2D eigenvalue weighted by Gasteiger charge is 2.15. The van der Waals surface area contributed by atoms with Gasteiger partial charge in [0.1, 0.15) is 0 Å². The van der Waals surface area contributed by atoms with Crippen LogP contribution in [-0.4, -0.2) is 18.5 Å². The summed E-state index contributed by atoms with van der Waals surface area (Å²) in [5.74, 6) is -1.20. The third-order valence-corrected chi connectivity index (χ3v) is 3.92. The Bertz CT molecular complexity index is 763. The van der Waals surface area contributed by atoms with Crippen LogP contribution in [0.15, 0.2) is 36.4 Å². The van der Waals surface area contributed by atoms with Crippen molar-refractivity contribution in [3.05, 3.63) is 57.6 Å². The van der Waals surface area contributed by atoms with Gasteiger partial charge in [0, 0.05) is 5.69 Å². The molecule has 0 aliphatic carbocycles. The van der Waals surface area contributed by atoms with Gasteiger partial charge < -0.3 is 15.8 Å². The Morgan fingerprint density at radius 3 is 2.61 bits per heavy atom. The fraction of sp³-hybridized carbons (Fsp3) is 0.125. The number of carbonyl (C=O) groups excluding carboxylic acids is 2. The predicted molar refractivity (Wildman–Crippen MR) is 91.0 cm³/mol. The maximum atomic E-state index is 12.0. The first-order chi connectivity index (χ1) is 10.9. The van der Waals surface area contributed by atoms with E-state index in [1.807, 2.05) is 0 Å². The number of rotatable bonds is 4. The number of nitrogens with two attached hydrogens (primary N) is 1. The summed E-state index contributed by atoms with van der Waals surface area (Å²) in [5, 5.41) is 3.05. The summed E-state index contributed by atoms with van der Waals surface area (Å²) in [5.41, 5.74) is 7.47. The van der Waals surface area contributed by atoms with Crippen LogP contribution in [0.25, 0.3) is 0 Å². The summed E-state index contributed by atoms with van der Waals surface area (Å²) in [4.78, 5) is 23.8. The monoisotopic (exact) mass is 352 g/mol. The molecule has 2 aromatic carbocycles. The molecule has 3 N–H and O–H groups in total. The third kappa shape index (κ3) is 4.15. The molecule has 0 unspecified atom stereocenters. The van der Waals surface area contributed by atoms with Gasteiger partial charge >= 0.3 is 5.97 Å². The van der Waals surface area contributed by atoms with E-state index in [1.165, 1.54) is 6.07 Å². The zero-order valence-electron chi connectivity index (χ0n) is 12.2. The number of hydrogen-bond acceptors (Lipinski definition) is 4. The fourth-order valence-corrected chi connectivity index (χ4v) is 2.20. The minimum absolute atomic E-state index is 0.219. The van der Waals surface area contributed by atoms with E-state index in [1.54, 1.807) is 37.3 Å². The zero-order chi connectivity index (χ0) is 17.0. The van der Waals surface area contributed by atoms with Crippen LogP contribution in [0.3, 0.4) is 0 Å². The van der Waals surface area contributed by atoms with Crippen molar-refractivity contribution in [3.8, 4) is 0 Å². The summed E-state index contributed by atoms with van der Waals surface area (Å²) < 4.78 is 4.96. The average molecular weight is 353 g/mol. The molecule has 0 saturated carbocycles. The molecule has 0 aromatic heterocycles. The van der Waals surface area contributed by atoms with E-state index in [0.717, 1.165) is 5.56 Å². The summed E-state index contributed by atoms with van der Waals surface area (Å²) in [6.45, 7) is 1.31. The van der Waals surface area contributed by atoms with Crippen molar-refractivity contribution in [2.45, 2.75) is 6.92 Å². The standard InChI is InChI=1S/C16H14Cl2N2O3/c1-9-4-2-5-10(15(9)19)16(22)23-8-13(21)20-12-7-3-6-11(17)14(12)18/h2-7H,8,19H2,1H3,(H,20,21). The van der Waals surface area contributed by atoms with E-state index >= 15 is 0 Å². The lowest BCUT2D eigenvalue weighted by molar-refractivity contribution is -0.119. The fourth-order valence-electron chi connectivity index (χ4n) is 1.85. The number of esters is 1. The molecule has 7 heteroatoms. The van der Waals surface area contributed by atoms with Crippen LogP contribution in [-0.2, 0) is 9.53 Å². The lowest BCUT2D eigenvalue weighted by atomic mass is 10.1. The van der Waals surface area contributed by atoms with Gasteiger partial charge in [0.15, 0.2) is 6.61 Å². The molecule has 0 radical (unpaired) electrons. The second kappa shape index (κ2) is 7.35. The molecule has 120 valence electrons. The molecule has 0 saturated heterocycles. The molecule has 1 amide bonds. The number of hydrogen-bond donors (Lipinski definition) is 2. The minimum Gasteiger partial charge on any atom is -0.452 e. The molecule has 0 heterocycles. The van der Waals surface area contributed by atoms with Crippen molar-refractivity contribution in [3.63, 3.8) is 0 Å². The van der Waals surface area contributed by atoms with Gasteiger partial charge in [-0.25, -0.2) is 4.79 Å². The van der Waals surface area contributed by atoms with E-state index in [4.69, 9.17) is 33.7 Å². The van der Waals surface area contributed by atoms with Gasteiger partial charge in [-0.3, -0.25) is 4.79 Å². The topological polar surface area (TPSA) is 81.4 Å². The SMILES string of the molecule is Cc1cccc(C(=O)OCC(=O)Nc2cccc(Cl)c2Cl)c1N. The summed E-state index contributed by atoms with van der Waals surface area (Å²) in [6.07, 6.45) is 0. The van der Waals surface area contributed by atoms with Crippen molar-refractivity contribution in [1.29, 1.82) is 0 Å². The number of amides is 1. The minimum atomic E-state index is -0.668. The number of ether oxygens (including phenoxy) is 1. The van der Waals surface area contributed by atoms with Crippen LogP contribution < -0.4 is 11.1 Å². The largest absolute Gasteiger partial charge is 0.452 e. The maximum Gasteiger partial charge on any atom is 0.340 e. The van der Waals surface area contributed by atoms with Crippen LogP contribution in [0.2, 0.25) is 10.0 Å². The van der Waals surface area contributed by atoms with Gasteiger partial charge in [0.2, 0.25) is 0 Å². The number of nitrogens with one attached hydrogen (secondary N) is 1. The highest BCUT2D eigenvalue weighted by Crippen LogP contribution is 2.29. The van der Waals surface area contributed by atoms with E-state index < -0.39 is 18.5 Å². The third-order valence-electron chi connectivity index (χ3n) is 3.10. The molecule has 5 nitrogen and oxygen atoms in total. The first-order valence-corrected chi connectivity index (χ1v) is 7.42. The number of carbonyl (C=O) groups is 2. The van der Waals surface area contributed by atoms with Gasteiger partial charge in [-0.15, -0.1) is 0 Å². The lowest BCUT2D eigenvalue weighted by Crippen LogP contribution is -2.21.